The second-order valence-corrected chi connectivity index (χ2v) is 7.27. The van der Waals surface area contributed by atoms with Crippen LogP contribution in [0.1, 0.15) is 26.2 Å². The molecule has 0 unspecified atom stereocenters. The van der Waals surface area contributed by atoms with Gasteiger partial charge in [0, 0.05) is 0 Å². The van der Waals surface area contributed by atoms with Crippen molar-refractivity contribution in [2.75, 3.05) is 5.75 Å². The van der Waals surface area contributed by atoms with Gasteiger partial charge in [-0.15, -0.1) is 0 Å². The zero-order chi connectivity index (χ0) is 13.2. The Bertz CT molecular complexity index is 517. The van der Waals surface area contributed by atoms with E-state index < -0.39 is 9.84 Å². The molecule has 2 nitrogen and oxygen atoms in total. The first-order valence-corrected chi connectivity index (χ1v) is 8.09. The van der Waals surface area contributed by atoms with Crippen LogP contribution in [0.15, 0.2) is 47.4 Å². The van der Waals surface area contributed by atoms with E-state index in [1.807, 2.05) is 13.0 Å². The fraction of sp³-hybridized carbons (Fsp3) is 0.467. The molecule has 98 valence electrons. The molecule has 1 aromatic rings. The van der Waals surface area contributed by atoms with Crippen molar-refractivity contribution in [2.45, 2.75) is 31.1 Å². The van der Waals surface area contributed by atoms with Gasteiger partial charge in [-0.2, -0.15) is 0 Å². The summed E-state index contributed by atoms with van der Waals surface area (Å²) in [5.41, 5.74) is 1.13. The maximum atomic E-state index is 12.3. The fourth-order valence-corrected chi connectivity index (χ4v) is 4.62. The number of sulfone groups is 1. The minimum Gasteiger partial charge on any atom is -0.224 e. The van der Waals surface area contributed by atoms with E-state index in [1.165, 1.54) is 0 Å². The van der Waals surface area contributed by atoms with Crippen molar-refractivity contribution in [3.63, 3.8) is 0 Å². The lowest BCUT2D eigenvalue weighted by molar-refractivity contribution is 0.474. The Balaban J connectivity index is 2.16. The van der Waals surface area contributed by atoms with Gasteiger partial charge >= 0.3 is 0 Å². The third kappa shape index (κ3) is 2.83. The third-order valence-electron chi connectivity index (χ3n) is 3.83. The molecule has 1 saturated carbocycles. The highest BCUT2D eigenvalue weighted by Gasteiger charge is 2.32. The highest BCUT2D eigenvalue weighted by Crippen LogP contribution is 2.37. The lowest BCUT2D eigenvalue weighted by Gasteiger charge is -2.19. The molecule has 0 aliphatic heterocycles. The number of hydrogen-bond acceptors (Lipinski definition) is 2. The third-order valence-corrected chi connectivity index (χ3v) is 5.69. The first-order chi connectivity index (χ1) is 8.50. The zero-order valence-corrected chi connectivity index (χ0v) is 11.6. The Morgan fingerprint density at radius 3 is 2.56 bits per heavy atom. The van der Waals surface area contributed by atoms with E-state index in [9.17, 15) is 8.42 Å². The fourth-order valence-electron chi connectivity index (χ4n) is 2.89. The summed E-state index contributed by atoms with van der Waals surface area (Å²) in [5, 5.41) is 0. The van der Waals surface area contributed by atoms with Crippen LogP contribution in [0.5, 0.6) is 0 Å². The van der Waals surface area contributed by atoms with Crippen LogP contribution >= 0.6 is 0 Å². The summed E-state index contributed by atoms with van der Waals surface area (Å²) in [4.78, 5) is 0.442. The molecule has 1 fully saturated rings. The predicted octanol–water partition coefficient (Wildman–Crippen LogP) is 3.45. The van der Waals surface area contributed by atoms with Crippen LogP contribution in [0.4, 0.5) is 0 Å². The van der Waals surface area contributed by atoms with E-state index in [2.05, 4.69) is 6.58 Å². The minimum absolute atomic E-state index is 0.243. The van der Waals surface area contributed by atoms with E-state index >= 15 is 0 Å². The normalized spacial score (nSPS) is 24.1. The Morgan fingerprint density at radius 2 is 1.94 bits per heavy atom. The monoisotopic (exact) mass is 264 g/mol. The van der Waals surface area contributed by atoms with Gasteiger partial charge in [0.2, 0.25) is 0 Å². The van der Waals surface area contributed by atoms with Crippen LogP contribution in [0.3, 0.4) is 0 Å². The van der Waals surface area contributed by atoms with E-state index in [-0.39, 0.29) is 11.7 Å². The molecular formula is C15H20O2S. The van der Waals surface area contributed by atoms with Crippen LogP contribution < -0.4 is 0 Å². The number of allylic oxidation sites excluding steroid dienone is 1. The van der Waals surface area contributed by atoms with Crippen molar-refractivity contribution in [2.24, 2.45) is 11.8 Å². The van der Waals surface area contributed by atoms with E-state index in [1.54, 1.807) is 24.3 Å². The van der Waals surface area contributed by atoms with Crippen molar-refractivity contribution in [3.05, 3.63) is 42.5 Å². The largest absolute Gasteiger partial charge is 0.224 e. The molecule has 0 heterocycles. The molecule has 0 radical (unpaired) electrons. The Labute approximate surface area is 110 Å². The summed E-state index contributed by atoms with van der Waals surface area (Å²) >= 11 is 0. The molecule has 2 atom stereocenters. The van der Waals surface area contributed by atoms with Gasteiger partial charge in [-0.1, -0.05) is 36.8 Å². The second kappa shape index (κ2) is 5.27. The number of rotatable bonds is 4. The van der Waals surface area contributed by atoms with E-state index in [4.69, 9.17) is 0 Å². The van der Waals surface area contributed by atoms with Crippen LogP contribution in [0, 0.1) is 11.8 Å². The van der Waals surface area contributed by atoms with E-state index in [0.717, 1.165) is 24.8 Å². The molecule has 1 aromatic carbocycles. The Hall–Kier alpha value is -1.09. The van der Waals surface area contributed by atoms with Crippen LogP contribution in [0.2, 0.25) is 0 Å². The van der Waals surface area contributed by atoms with E-state index in [0.29, 0.717) is 10.8 Å². The molecule has 0 aromatic heterocycles. The quantitative estimate of drug-likeness (QED) is 0.781. The van der Waals surface area contributed by atoms with Crippen molar-refractivity contribution in [3.8, 4) is 0 Å². The van der Waals surface area contributed by atoms with Crippen molar-refractivity contribution < 1.29 is 8.42 Å². The predicted molar refractivity (Wildman–Crippen MR) is 74.1 cm³/mol. The van der Waals surface area contributed by atoms with Gasteiger partial charge < -0.3 is 0 Å². The van der Waals surface area contributed by atoms with Gasteiger partial charge in [0.1, 0.15) is 0 Å². The second-order valence-electron chi connectivity index (χ2n) is 5.24. The lowest BCUT2D eigenvalue weighted by Crippen LogP contribution is -2.20. The molecule has 3 heteroatoms. The van der Waals surface area contributed by atoms with Gasteiger partial charge in [-0.3, -0.25) is 0 Å². The van der Waals surface area contributed by atoms with Crippen molar-refractivity contribution in [1.82, 2.24) is 0 Å². The molecule has 0 spiro atoms. The molecule has 18 heavy (non-hydrogen) atoms. The van der Waals surface area contributed by atoms with Gasteiger partial charge in [-0.05, 0) is 43.7 Å². The SMILES string of the molecule is C=C(C)[C@H]1CCC[C@H]1CS(=O)(=O)c1ccccc1. The molecule has 0 N–H and O–H groups in total. The number of hydrogen-bond donors (Lipinski definition) is 0. The van der Waals surface area contributed by atoms with Crippen LogP contribution in [-0.2, 0) is 9.84 Å². The summed E-state index contributed by atoms with van der Waals surface area (Å²) in [6, 6.07) is 8.75. The minimum atomic E-state index is -3.15. The Morgan fingerprint density at radius 1 is 1.28 bits per heavy atom. The smallest absolute Gasteiger partial charge is 0.178 e. The number of benzene rings is 1. The summed E-state index contributed by atoms with van der Waals surface area (Å²) in [6.07, 6.45) is 3.21. The lowest BCUT2D eigenvalue weighted by atomic mass is 9.92. The highest BCUT2D eigenvalue weighted by molar-refractivity contribution is 7.91. The van der Waals surface area contributed by atoms with Gasteiger partial charge in [0.25, 0.3) is 0 Å². The maximum Gasteiger partial charge on any atom is 0.178 e. The van der Waals surface area contributed by atoms with Crippen LogP contribution in [-0.4, -0.2) is 14.2 Å². The van der Waals surface area contributed by atoms with Gasteiger partial charge in [-0.25, -0.2) is 8.42 Å². The molecule has 0 saturated heterocycles. The van der Waals surface area contributed by atoms with Gasteiger partial charge in [0.05, 0.1) is 10.6 Å². The molecule has 0 amide bonds. The van der Waals surface area contributed by atoms with Crippen molar-refractivity contribution in [1.29, 1.82) is 0 Å². The molecule has 1 aliphatic rings. The standard InChI is InChI=1S/C15H20O2S/c1-12(2)15-10-6-7-13(15)11-18(16,17)14-8-4-3-5-9-14/h3-5,8-9,13,15H,1,6-7,10-11H2,2H3/t13-,15+/m0/s1. The van der Waals surface area contributed by atoms with Gasteiger partial charge in [0.15, 0.2) is 9.84 Å². The average Bonchev–Trinajstić information content (AvgIpc) is 2.78. The summed E-state index contributed by atoms with van der Waals surface area (Å²) < 4.78 is 24.7. The zero-order valence-electron chi connectivity index (χ0n) is 10.8. The summed E-state index contributed by atoms with van der Waals surface area (Å²) in [6.45, 7) is 6.01. The van der Waals surface area contributed by atoms with Crippen LogP contribution in [0.25, 0.3) is 0 Å². The average molecular weight is 264 g/mol. The summed E-state index contributed by atoms with van der Waals surface area (Å²) in [5.74, 6) is 0.880. The maximum absolute atomic E-state index is 12.3. The first-order valence-electron chi connectivity index (χ1n) is 6.44. The summed E-state index contributed by atoms with van der Waals surface area (Å²) in [7, 11) is -3.15. The Kier molecular flexibility index (Phi) is 3.91. The topological polar surface area (TPSA) is 34.1 Å². The first kappa shape index (κ1) is 13.3. The molecule has 2 rings (SSSR count). The molecule has 0 bridgehead atoms. The molecular weight excluding hydrogens is 244 g/mol. The molecule has 1 aliphatic carbocycles. The van der Waals surface area contributed by atoms with Crippen molar-refractivity contribution >= 4 is 9.84 Å². The highest BCUT2D eigenvalue weighted by atomic mass is 32.2.